The Bertz CT molecular complexity index is 1160. The van der Waals surface area contributed by atoms with Gasteiger partial charge in [-0.2, -0.15) is 0 Å². The molecule has 2 nitrogen and oxygen atoms in total. The third-order valence-corrected chi connectivity index (χ3v) is 7.30. The number of rotatable bonds is 2. The number of nitrogens with zero attached hydrogens (tertiary/aromatic N) is 1. The average Bonchev–Trinajstić information content (AvgIpc) is 3.28. The van der Waals surface area contributed by atoms with E-state index in [0.29, 0.717) is 7.62 Å². The van der Waals surface area contributed by atoms with Gasteiger partial charge in [-0.1, -0.05) is 72.8 Å². The van der Waals surface area contributed by atoms with Crippen LogP contribution in [0.1, 0.15) is 30.9 Å². The van der Waals surface area contributed by atoms with Crippen LogP contribution >= 0.6 is 0 Å². The average molecular weight is 377 g/mol. The molecule has 3 heteroatoms. The smallest absolute Gasteiger partial charge is 0.365 e. The molecular formula is C26H24BNO. The van der Waals surface area contributed by atoms with Crippen molar-refractivity contribution >= 4 is 29.2 Å². The molecule has 1 atom stereocenters. The minimum atomic E-state index is -0.461. The number of benzene rings is 4. The lowest BCUT2D eigenvalue weighted by Crippen LogP contribution is -2.51. The van der Waals surface area contributed by atoms with Crippen molar-refractivity contribution in [3.63, 3.8) is 0 Å². The van der Waals surface area contributed by atoms with Crippen molar-refractivity contribution in [1.82, 2.24) is 4.81 Å². The van der Waals surface area contributed by atoms with Crippen molar-refractivity contribution in [2.75, 3.05) is 6.54 Å². The van der Waals surface area contributed by atoms with Crippen LogP contribution in [0.5, 0.6) is 0 Å². The minimum Gasteiger partial charge on any atom is -0.409 e. The van der Waals surface area contributed by atoms with Gasteiger partial charge in [-0.3, -0.25) is 0 Å². The lowest BCUT2D eigenvalue weighted by Gasteiger charge is -2.45. The van der Waals surface area contributed by atoms with E-state index in [-0.39, 0.29) is 5.54 Å². The van der Waals surface area contributed by atoms with Gasteiger partial charge in [0.1, 0.15) is 5.60 Å². The van der Waals surface area contributed by atoms with Crippen molar-refractivity contribution in [1.29, 1.82) is 0 Å². The van der Waals surface area contributed by atoms with Gasteiger partial charge in [0.2, 0.25) is 0 Å². The topological polar surface area (TPSA) is 12.5 Å². The van der Waals surface area contributed by atoms with Crippen LogP contribution in [0.25, 0.3) is 21.5 Å². The first-order valence-corrected chi connectivity index (χ1v) is 10.6. The summed E-state index contributed by atoms with van der Waals surface area (Å²) >= 11 is 0. The molecule has 0 aliphatic carbocycles. The Hall–Kier alpha value is -2.62. The van der Waals surface area contributed by atoms with Gasteiger partial charge < -0.3 is 9.47 Å². The van der Waals surface area contributed by atoms with Crippen LogP contribution in [0.3, 0.4) is 0 Å². The van der Waals surface area contributed by atoms with Crippen LogP contribution in [0.2, 0.25) is 0 Å². The zero-order chi connectivity index (χ0) is 19.5. The molecule has 4 aromatic carbocycles. The molecule has 142 valence electrons. The van der Waals surface area contributed by atoms with Gasteiger partial charge in [-0.15, -0.1) is 0 Å². The first-order chi connectivity index (χ1) is 14.2. The van der Waals surface area contributed by atoms with E-state index in [4.69, 9.17) is 4.65 Å². The lowest BCUT2D eigenvalue weighted by atomic mass is 9.70. The largest absolute Gasteiger partial charge is 0.409 e. The Morgan fingerprint density at radius 3 is 1.90 bits per heavy atom. The van der Waals surface area contributed by atoms with Crippen LogP contribution in [0, 0.1) is 0 Å². The quantitative estimate of drug-likeness (QED) is 0.435. The second kappa shape index (κ2) is 6.19. The summed E-state index contributed by atoms with van der Waals surface area (Å²) in [5.74, 6) is 0. The molecule has 0 unspecified atom stereocenters. The molecule has 0 amide bonds. The SMILES string of the molecule is C[C@]12CCCN1BOC2(c1ccc2ccccc2c1)c1ccc2ccccc2c1. The molecule has 0 radical (unpaired) electrons. The lowest BCUT2D eigenvalue weighted by molar-refractivity contribution is 0.0480. The van der Waals surface area contributed by atoms with Crippen molar-refractivity contribution in [2.45, 2.75) is 30.9 Å². The van der Waals surface area contributed by atoms with E-state index in [1.807, 2.05) is 0 Å². The summed E-state index contributed by atoms with van der Waals surface area (Å²) in [6.07, 6.45) is 2.37. The van der Waals surface area contributed by atoms with Crippen LogP contribution in [-0.4, -0.2) is 24.5 Å². The van der Waals surface area contributed by atoms with Gasteiger partial charge in [0.05, 0.1) is 0 Å². The van der Waals surface area contributed by atoms with E-state index in [9.17, 15) is 0 Å². The maximum atomic E-state index is 6.81. The molecule has 2 saturated heterocycles. The number of hydrogen-bond acceptors (Lipinski definition) is 2. The molecule has 2 aliphatic rings. The molecule has 0 saturated carbocycles. The highest BCUT2D eigenvalue weighted by Crippen LogP contribution is 2.54. The Kier molecular flexibility index (Phi) is 3.68. The van der Waals surface area contributed by atoms with Crippen molar-refractivity contribution < 1.29 is 4.65 Å². The fourth-order valence-electron chi connectivity index (χ4n) is 5.73. The summed E-state index contributed by atoms with van der Waals surface area (Å²) < 4.78 is 6.81. The predicted molar refractivity (Wildman–Crippen MR) is 121 cm³/mol. The highest BCUT2D eigenvalue weighted by molar-refractivity contribution is 6.25. The maximum absolute atomic E-state index is 6.81. The van der Waals surface area contributed by atoms with Gasteiger partial charge in [0, 0.05) is 5.54 Å². The molecule has 4 aromatic rings. The molecule has 2 aliphatic heterocycles. The van der Waals surface area contributed by atoms with Gasteiger partial charge in [0.15, 0.2) is 0 Å². The summed E-state index contributed by atoms with van der Waals surface area (Å²) in [4.78, 5) is 2.54. The Morgan fingerprint density at radius 1 is 0.759 bits per heavy atom. The molecule has 0 bridgehead atoms. The molecule has 6 rings (SSSR count). The van der Waals surface area contributed by atoms with Crippen LogP contribution in [0.15, 0.2) is 84.9 Å². The summed E-state index contributed by atoms with van der Waals surface area (Å²) in [6, 6.07) is 31.0. The van der Waals surface area contributed by atoms with E-state index >= 15 is 0 Å². The van der Waals surface area contributed by atoms with Gasteiger partial charge >= 0.3 is 7.62 Å². The highest BCUT2D eigenvalue weighted by Gasteiger charge is 2.61. The fourth-order valence-corrected chi connectivity index (χ4v) is 5.73. The van der Waals surface area contributed by atoms with Gasteiger partial charge in [-0.05, 0) is 71.1 Å². The summed E-state index contributed by atoms with van der Waals surface area (Å²) in [5.41, 5.74) is 2.02. The maximum Gasteiger partial charge on any atom is 0.365 e. The van der Waals surface area contributed by atoms with Crippen molar-refractivity contribution in [3.05, 3.63) is 96.1 Å². The first-order valence-electron chi connectivity index (χ1n) is 10.6. The number of hydrogen-bond donors (Lipinski definition) is 0. The Morgan fingerprint density at radius 2 is 1.31 bits per heavy atom. The van der Waals surface area contributed by atoms with Crippen molar-refractivity contribution in [3.8, 4) is 0 Å². The molecule has 2 heterocycles. The first kappa shape index (κ1) is 17.3. The molecular weight excluding hydrogens is 353 g/mol. The normalized spacial score (nSPS) is 23.3. The molecule has 2 fully saturated rings. The standard InChI is InChI=1S/C26H24BNO/c1-25-15-6-16-28(25)27-29-26(25,23-13-11-19-7-2-4-9-21(19)17-23)24-14-12-20-8-3-5-10-22(20)18-24/h2-5,7-14,17-18,27H,6,15-16H2,1H3/t25-/m1/s1. The fraction of sp³-hybridized carbons (Fsp3) is 0.231. The minimum absolute atomic E-state index is 0.0437. The third kappa shape index (κ3) is 2.32. The van der Waals surface area contributed by atoms with Crippen LogP contribution in [0.4, 0.5) is 0 Å². The predicted octanol–water partition coefficient (Wildman–Crippen LogP) is 5.39. The number of fused-ring (bicyclic) bond motifs is 3. The second-order valence-electron chi connectivity index (χ2n) is 8.72. The van der Waals surface area contributed by atoms with Crippen LogP contribution < -0.4 is 0 Å². The summed E-state index contributed by atoms with van der Waals surface area (Å²) in [6.45, 7) is 3.51. The van der Waals surface area contributed by atoms with Crippen LogP contribution in [-0.2, 0) is 10.3 Å². The zero-order valence-corrected chi connectivity index (χ0v) is 16.8. The monoisotopic (exact) mass is 377 g/mol. The Labute approximate surface area is 172 Å². The summed E-state index contributed by atoms with van der Waals surface area (Å²) in [7, 11) is 0.691. The van der Waals surface area contributed by atoms with Gasteiger partial charge in [-0.25, -0.2) is 0 Å². The molecule has 0 N–H and O–H groups in total. The van der Waals surface area contributed by atoms with E-state index in [1.165, 1.54) is 39.1 Å². The third-order valence-electron chi connectivity index (χ3n) is 7.30. The Balaban J connectivity index is 1.64. The van der Waals surface area contributed by atoms with Gasteiger partial charge in [0.25, 0.3) is 0 Å². The zero-order valence-electron chi connectivity index (χ0n) is 16.8. The molecule has 0 spiro atoms. The van der Waals surface area contributed by atoms with E-state index in [1.54, 1.807) is 0 Å². The highest BCUT2D eigenvalue weighted by atomic mass is 16.5. The molecule has 0 aromatic heterocycles. The summed E-state index contributed by atoms with van der Waals surface area (Å²) in [5, 5.41) is 5.09. The van der Waals surface area contributed by atoms with E-state index < -0.39 is 5.60 Å². The van der Waals surface area contributed by atoms with E-state index in [0.717, 1.165) is 13.0 Å². The van der Waals surface area contributed by atoms with Crippen molar-refractivity contribution in [2.24, 2.45) is 0 Å². The van der Waals surface area contributed by atoms with E-state index in [2.05, 4.69) is 96.7 Å². The second-order valence-corrected chi connectivity index (χ2v) is 8.72. The molecule has 29 heavy (non-hydrogen) atoms.